The number of furan rings is 1. The van der Waals surface area contributed by atoms with Gasteiger partial charge in [-0.1, -0.05) is 18.2 Å². The fourth-order valence-electron chi connectivity index (χ4n) is 3.88. The molecule has 0 radical (unpaired) electrons. The molecular formula is C20H21N3O4. The number of hydrogen-bond acceptors (Lipinski definition) is 4. The molecule has 0 unspecified atom stereocenters. The first-order valence-corrected chi connectivity index (χ1v) is 9.03. The molecular weight excluding hydrogens is 346 g/mol. The second kappa shape index (κ2) is 6.90. The van der Waals surface area contributed by atoms with E-state index in [-0.39, 0.29) is 24.3 Å². The van der Waals surface area contributed by atoms with E-state index in [2.05, 4.69) is 10.6 Å². The van der Waals surface area contributed by atoms with E-state index in [1.165, 1.54) is 0 Å². The third kappa shape index (κ3) is 3.32. The fourth-order valence-corrected chi connectivity index (χ4v) is 3.88. The second-order valence-corrected chi connectivity index (χ2v) is 7.15. The maximum atomic E-state index is 12.6. The van der Waals surface area contributed by atoms with Gasteiger partial charge in [-0.3, -0.25) is 14.4 Å². The van der Waals surface area contributed by atoms with Crippen molar-refractivity contribution in [3.63, 3.8) is 0 Å². The highest BCUT2D eigenvalue weighted by molar-refractivity contribution is 5.97. The number of nitrogens with one attached hydrogen (secondary N) is 2. The van der Waals surface area contributed by atoms with Crippen LogP contribution in [0.4, 0.5) is 0 Å². The summed E-state index contributed by atoms with van der Waals surface area (Å²) in [6.07, 6.45) is 2.51. The lowest BCUT2D eigenvalue weighted by molar-refractivity contribution is -0.128. The molecule has 2 N–H and O–H groups in total. The van der Waals surface area contributed by atoms with E-state index in [4.69, 9.17) is 4.42 Å². The predicted octanol–water partition coefficient (Wildman–Crippen LogP) is 1.32. The van der Waals surface area contributed by atoms with E-state index < -0.39 is 11.5 Å². The number of likely N-dealkylation sites (tertiary alicyclic amines) is 1. The van der Waals surface area contributed by atoms with Crippen molar-refractivity contribution in [3.05, 3.63) is 60.1 Å². The summed E-state index contributed by atoms with van der Waals surface area (Å²) in [6, 6.07) is 12.0. The van der Waals surface area contributed by atoms with Crippen molar-refractivity contribution in [1.29, 1.82) is 0 Å². The maximum Gasteiger partial charge on any atom is 0.253 e. The zero-order valence-electron chi connectivity index (χ0n) is 14.8. The van der Waals surface area contributed by atoms with Crippen molar-refractivity contribution >= 4 is 17.7 Å². The summed E-state index contributed by atoms with van der Waals surface area (Å²) < 4.78 is 5.20. The fraction of sp³-hybridized carbons (Fsp3) is 0.350. The minimum Gasteiger partial charge on any atom is -0.467 e. The Hall–Kier alpha value is -3.09. The molecule has 2 aliphatic rings. The zero-order chi connectivity index (χ0) is 18.9. The van der Waals surface area contributed by atoms with Gasteiger partial charge in [-0.2, -0.15) is 0 Å². The zero-order valence-corrected chi connectivity index (χ0v) is 14.8. The molecule has 0 aliphatic carbocycles. The van der Waals surface area contributed by atoms with Crippen LogP contribution in [-0.2, 0) is 16.1 Å². The van der Waals surface area contributed by atoms with Crippen LogP contribution in [0.5, 0.6) is 0 Å². The summed E-state index contributed by atoms with van der Waals surface area (Å²) in [4.78, 5) is 39.4. The Kier molecular flexibility index (Phi) is 4.43. The molecule has 2 fully saturated rings. The molecule has 2 aromatic rings. The lowest BCUT2D eigenvalue weighted by Crippen LogP contribution is -2.41. The van der Waals surface area contributed by atoms with Crippen molar-refractivity contribution in [1.82, 2.24) is 15.5 Å². The van der Waals surface area contributed by atoms with Gasteiger partial charge in [0.1, 0.15) is 11.8 Å². The summed E-state index contributed by atoms with van der Waals surface area (Å²) in [5.41, 5.74) is -0.0716. The van der Waals surface area contributed by atoms with Crippen molar-refractivity contribution in [2.45, 2.75) is 25.4 Å². The van der Waals surface area contributed by atoms with Crippen LogP contribution < -0.4 is 10.6 Å². The quantitative estimate of drug-likeness (QED) is 0.853. The second-order valence-electron chi connectivity index (χ2n) is 7.15. The molecule has 1 aromatic heterocycles. The van der Waals surface area contributed by atoms with E-state index >= 15 is 0 Å². The number of rotatable bonds is 4. The smallest absolute Gasteiger partial charge is 0.253 e. The molecule has 27 heavy (non-hydrogen) atoms. The van der Waals surface area contributed by atoms with Crippen LogP contribution in [0.2, 0.25) is 0 Å². The van der Waals surface area contributed by atoms with Crippen molar-refractivity contribution in [3.8, 4) is 0 Å². The lowest BCUT2D eigenvalue weighted by atomic mass is 9.84. The van der Waals surface area contributed by atoms with Gasteiger partial charge in [0.25, 0.3) is 5.91 Å². The van der Waals surface area contributed by atoms with Crippen LogP contribution in [0.3, 0.4) is 0 Å². The number of hydrogen-bond donors (Lipinski definition) is 2. The topological polar surface area (TPSA) is 91.7 Å². The van der Waals surface area contributed by atoms with Crippen LogP contribution in [0.25, 0.3) is 0 Å². The first kappa shape index (κ1) is 17.3. The minimum absolute atomic E-state index is 0.0778. The molecule has 2 aliphatic heterocycles. The third-order valence-corrected chi connectivity index (χ3v) is 5.38. The Morgan fingerprint density at radius 3 is 2.78 bits per heavy atom. The third-order valence-electron chi connectivity index (χ3n) is 5.38. The molecule has 140 valence electrons. The van der Waals surface area contributed by atoms with E-state index in [0.29, 0.717) is 37.3 Å². The van der Waals surface area contributed by atoms with E-state index in [0.717, 1.165) is 0 Å². The van der Waals surface area contributed by atoms with Crippen molar-refractivity contribution in [2.75, 3.05) is 13.1 Å². The van der Waals surface area contributed by atoms with Crippen LogP contribution in [0, 0.1) is 5.41 Å². The largest absolute Gasteiger partial charge is 0.467 e. The van der Waals surface area contributed by atoms with Crippen molar-refractivity contribution < 1.29 is 18.8 Å². The average molecular weight is 367 g/mol. The molecule has 2 atom stereocenters. The maximum absolute atomic E-state index is 12.6. The highest BCUT2D eigenvalue weighted by Gasteiger charge is 2.53. The Bertz CT molecular complexity index is 849. The SMILES string of the molecule is O=C(NCc1ccco1)[C@@H]1C[C@@]2(CCN(C(=O)c3ccccc3)C2)C(=O)N1. The van der Waals surface area contributed by atoms with Crippen LogP contribution in [-0.4, -0.2) is 41.8 Å². The molecule has 2 saturated heterocycles. The Balaban J connectivity index is 1.38. The van der Waals surface area contributed by atoms with Gasteiger partial charge in [-0.05, 0) is 37.1 Å². The van der Waals surface area contributed by atoms with Gasteiger partial charge in [0.2, 0.25) is 11.8 Å². The molecule has 3 heterocycles. The average Bonchev–Trinajstić information content (AvgIpc) is 3.42. The van der Waals surface area contributed by atoms with Gasteiger partial charge in [0.15, 0.2) is 0 Å². The van der Waals surface area contributed by atoms with Gasteiger partial charge >= 0.3 is 0 Å². The van der Waals surface area contributed by atoms with E-state index in [1.807, 2.05) is 18.2 Å². The summed E-state index contributed by atoms with van der Waals surface area (Å²) >= 11 is 0. The van der Waals surface area contributed by atoms with E-state index in [9.17, 15) is 14.4 Å². The highest BCUT2D eigenvalue weighted by Crippen LogP contribution is 2.40. The lowest BCUT2D eigenvalue weighted by Gasteiger charge is -2.21. The van der Waals surface area contributed by atoms with Crippen LogP contribution >= 0.6 is 0 Å². The van der Waals surface area contributed by atoms with Gasteiger partial charge in [0, 0.05) is 18.7 Å². The summed E-state index contributed by atoms with van der Waals surface area (Å²) in [5, 5.41) is 5.58. The molecule has 4 rings (SSSR count). The first-order chi connectivity index (χ1) is 13.1. The normalized spacial score (nSPS) is 24.2. The molecule has 0 bridgehead atoms. The van der Waals surface area contributed by atoms with Gasteiger partial charge < -0.3 is 20.0 Å². The summed E-state index contributed by atoms with van der Waals surface area (Å²) in [7, 11) is 0. The molecule has 1 spiro atoms. The van der Waals surface area contributed by atoms with E-state index in [1.54, 1.807) is 35.4 Å². The standard InChI is InChI=1S/C20H21N3O4/c24-17(21-12-15-7-4-10-27-15)16-11-20(19(26)22-16)8-9-23(13-20)18(25)14-5-2-1-3-6-14/h1-7,10,16H,8-9,11-13H2,(H,21,24)(H,22,26)/t16-,20+/m0/s1. The van der Waals surface area contributed by atoms with Gasteiger partial charge in [-0.25, -0.2) is 0 Å². The Labute approximate surface area is 156 Å². The molecule has 7 heteroatoms. The van der Waals surface area contributed by atoms with Gasteiger partial charge in [-0.15, -0.1) is 0 Å². The monoisotopic (exact) mass is 367 g/mol. The molecule has 0 saturated carbocycles. The molecule has 3 amide bonds. The van der Waals surface area contributed by atoms with Crippen LogP contribution in [0.15, 0.2) is 53.1 Å². The minimum atomic E-state index is -0.683. The molecule has 1 aromatic carbocycles. The number of benzene rings is 1. The summed E-state index contributed by atoms with van der Waals surface area (Å²) in [5.74, 6) is 0.197. The van der Waals surface area contributed by atoms with Crippen molar-refractivity contribution in [2.24, 2.45) is 5.41 Å². The highest BCUT2D eigenvalue weighted by atomic mass is 16.3. The number of carbonyl (C=O) groups excluding carboxylic acids is 3. The molecule has 7 nitrogen and oxygen atoms in total. The number of carbonyl (C=O) groups is 3. The van der Waals surface area contributed by atoms with Crippen LogP contribution in [0.1, 0.15) is 29.0 Å². The first-order valence-electron chi connectivity index (χ1n) is 9.03. The predicted molar refractivity (Wildman–Crippen MR) is 96.5 cm³/mol. The van der Waals surface area contributed by atoms with Gasteiger partial charge in [0.05, 0.1) is 18.2 Å². The number of amides is 3. The Morgan fingerprint density at radius 1 is 1.22 bits per heavy atom. The summed E-state index contributed by atoms with van der Waals surface area (Å²) in [6.45, 7) is 1.14. The number of nitrogens with zero attached hydrogens (tertiary/aromatic N) is 1. The Morgan fingerprint density at radius 2 is 2.04 bits per heavy atom.